The molecule has 2 aliphatic rings. The maximum atomic E-state index is 14.2. The molecule has 1 heterocycles. The van der Waals surface area contributed by atoms with E-state index >= 15 is 0 Å². The van der Waals surface area contributed by atoms with E-state index in [1.54, 1.807) is 53.4 Å². The van der Waals surface area contributed by atoms with Gasteiger partial charge < -0.3 is 4.90 Å². The lowest BCUT2D eigenvalue weighted by Gasteiger charge is -2.50. The molecule has 2 aromatic carbocycles. The molecule has 0 saturated heterocycles. The number of carbonyl (C=O) groups is 2. The molecule has 2 aromatic rings. The smallest absolute Gasteiger partial charge is 0.255 e. The fourth-order valence-corrected chi connectivity index (χ4v) is 6.82. The van der Waals surface area contributed by atoms with E-state index in [2.05, 4.69) is 5.48 Å². The molecule has 12 heteroatoms. The number of hydrogen-bond acceptors (Lipinski definition) is 6. The third-order valence-electron chi connectivity index (χ3n) is 7.29. The van der Waals surface area contributed by atoms with Crippen LogP contribution in [0.1, 0.15) is 59.1 Å². The Bertz CT molecular complexity index is 1380. The summed E-state index contributed by atoms with van der Waals surface area (Å²) in [7, 11) is -2.05. The van der Waals surface area contributed by atoms with E-state index in [9.17, 15) is 18.0 Å². The molecule has 4 atom stereocenters. The first-order valence-electron chi connectivity index (χ1n) is 12.1. The van der Waals surface area contributed by atoms with Crippen LogP contribution < -0.4 is 5.48 Å². The number of fused-ring (bicyclic) bond motifs is 1. The van der Waals surface area contributed by atoms with E-state index in [0.29, 0.717) is 34.6 Å². The minimum atomic E-state index is -3.57. The van der Waals surface area contributed by atoms with Crippen LogP contribution in [0.2, 0.25) is 10.0 Å². The minimum Gasteiger partial charge on any atom is -0.326 e. The molecule has 1 fully saturated rings. The van der Waals surface area contributed by atoms with Gasteiger partial charge in [0.15, 0.2) is 6.61 Å². The highest BCUT2D eigenvalue weighted by Crippen LogP contribution is 2.48. The van der Waals surface area contributed by atoms with Gasteiger partial charge in [-0.05, 0) is 42.2 Å². The highest BCUT2D eigenvalue weighted by Gasteiger charge is 2.50. The fraction of sp³-hybridized carbons (Fsp3) is 0.423. The Balaban J connectivity index is 1.93. The molecule has 1 aliphatic heterocycles. The Morgan fingerprint density at radius 3 is 2.58 bits per heavy atom. The summed E-state index contributed by atoms with van der Waals surface area (Å²) in [4.78, 5) is 34.5. The summed E-state index contributed by atoms with van der Waals surface area (Å²) in [6, 6.07) is 11.5. The highest BCUT2D eigenvalue weighted by molar-refractivity contribution is 7.88. The fourth-order valence-electron chi connectivity index (χ4n) is 5.56. The number of nitrogens with zero attached hydrogens (tertiary/aromatic N) is 3. The normalized spacial score (nSPS) is 23.6. The quantitative estimate of drug-likeness (QED) is 0.391. The van der Waals surface area contributed by atoms with E-state index in [4.69, 9.17) is 33.3 Å². The topological polar surface area (TPSA) is 120 Å². The van der Waals surface area contributed by atoms with Gasteiger partial charge in [-0.3, -0.25) is 14.4 Å². The summed E-state index contributed by atoms with van der Waals surface area (Å²) in [5.74, 6) is -1.85. The lowest BCUT2D eigenvalue weighted by molar-refractivity contribution is -0.136. The van der Waals surface area contributed by atoms with E-state index in [1.165, 1.54) is 11.4 Å². The average Bonchev–Trinajstić information content (AvgIpc) is 2.88. The van der Waals surface area contributed by atoms with Crippen molar-refractivity contribution in [1.82, 2.24) is 14.7 Å². The van der Waals surface area contributed by atoms with E-state index in [-0.39, 0.29) is 17.5 Å². The number of carbonyl (C=O) groups excluding carboxylic acids is 2. The lowest BCUT2D eigenvalue weighted by Crippen LogP contribution is -2.59. The number of nitrogens with one attached hydrogen (secondary N) is 1. The van der Waals surface area contributed by atoms with Crippen molar-refractivity contribution < 1.29 is 22.8 Å². The lowest BCUT2D eigenvalue weighted by atomic mass is 9.76. The van der Waals surface area contributed by atoms with Gasteiger partial charge in [-0.25, -0.2) is 18.2 Å². The molecular weight excluding hydrogens is 551 g/mol. The second kappa shape index (κ2) is 11.6. The van der Waals surface area contributed by atoms with Gasteiger partial charge in [-0.15, -0.1) is 0 Å². The third-order valence-corrected chi connectivity index (χ3v) is 9.17. The predicted molar refractivity (Wildman–Crippen MR) is 143 cm³/mol. The molecule has 2 amide bonds. The molecule has 0 unspecified atom stereocenters. The van der Waals surface area contributed by atoms with E-state index in [1.807, 2.05) is 0 Å². The second-order valence-corrected chi connectivity index (χ2v) is 12.4. The Labute approximate surface area is 232 Å². The highest BCUT2D eigenvalue weighted by atomic mass is 35.5. The zero-order valence-corrected chi connectivity index (χ0v) is 23.3. The third kappa shape index (κ3) is 5.53. The Morgan fingerprint density at radius 2 is 1.89 bits per heavy atom. The average molecular weight is 580 g/mol. The van der Waals surface area contributed by atoms with Crippen LogP contribution in [0, 0.1) is 11.3 Å². The molecule has 1 N–H and O–H groups in total. The SMILES string of the molecule is CN([C@H]1CCCC[C@@H]1N1C(=O)c2ccccc2[C@@H](C(=O)NOCC#N)[C@@H]1c1ccc(Cl)cc1Cl)S(C)(=O)=O. The molecule has 0 aromatic heterocycles. The van der Waals surface area contributed by atoms with Crippen molar-refractivity contribution in [3.05, 3.63) is 69.2 Å². The van der Waals surface area contributed by atoms with E-state index in [0.717, 1.165) is 19.1 Å². The molecular formula is C26H28Cl2N4O5S. The first-order valence-corrected chi connectivity index (χ1v) is 14.7. The second-order valence-electron chi connectivity index (χ2n) is 9.50. The number of halogens is 2. The number of nitriles is 1. The Hall–Kier alpha value is -2.68. The van der Waals surface area contributed by atoms with Crippen LogP contribution in [-0.2, 0) is 19.7 Å². The molecule has 202 valence electrons. The van der Waals surface area contributed by atoms with Gasteiger partial charge >= 0.3 is 0 Å². The van der Waals surface area contributed by atoms with Crippen molar-refractivity contribution in [2.24, 2.45) is 0 Å². The number of rotatable bonds is 7. The van der Waals surface area contributed by atoms with Gasteiger partial charge in [0.05, 0.1) is 24.3 Å². The number of benzene rings is 2. The van der Waals surface area contributed by atoms with Crippen LogP contribution in [0.4, 0.5) is 0 Å². The zero-order chi connectivity index (χ0) is 27.6. The van der Waals surface area contributed by atoms with Crippen molar-refractivity contribution in [1.29, 1.82) is 5.26 Å². The van der Waals surface area contributed by atoms with Crippen LogP contribution in [0.3, 0.4) is 0 Å². The van der Waals surface area contributed by atoms with Crippen LogP contribution >= 0.6 is 23.2 Å². The summed E-state index contributed by atoms with van der Waals surface area (Å²) < 4.78 is 26.5. The molecule has 0 radical (unpaired) electrons. The molecule has 4 rings (SSSR count). The largest absolute Gasteiger partial charge is 0.326 e. The van der Waals surface area contributed by atoms with Crippen LogP contribution in [0.25, 0.3) is 0 Å². The first kappa shape index (κ1) is 28.3. The van der Waals surface area contributed by atoms with Gasteiger partial charge in [0, 0.05) is 34.7 Å². The van der Waals surface area contributed by atoms with Crippen molar-refractivity contribution in [2.45, 2.75) is 49.7 Å². The molecule has 38 heavy (non-hydrogen) atoms. The first-order chi connectivity index (χ1) is 18.1. The van der Waals surface area contributed by atoms with Crippen LogP contribution in [0.15, 0.2) is 42.5 Å². The van der Waals surface area contributed by atoms with Crippen molar-refractivity contribution in [2.75, 3.05) is 19.9 Å². The summed E-state index contributed by atoms with van der Waals surface area (Å²) in [5.41, 5.74) is 3.65. The van der Waals surface area contributed by atoms with Gasteiger partial charge in [-0.2, -0.15) is 5.26 Å². The number of likely N-dealkylation sites (N-methyl/N-ethyl adjacent to an activating group) is 1. The molecule has 1 aliphatic carbocycles. The van der Waals surface area contributed by atoms with Crippen molar-refractivity contribution in [3.63, 3.8) is 0 Å². The standard InChI is InChI=1S/C26H28Cl2N4O5S/c1-31(38(2,35)36)21-9-5-6-10-22(21)32-24(19-12-11-16(27)15-20(19)28)23(25(33)30-37-14-13-29)17-7-3-4-8-18(17)26(32)34/h3-4,7-8,11-12,15,21-24H,5-6,9-10,14H2,1-2H3,(H,30,33)/t21-,22-,23+,24-/m0/s1. The van der Waals surface area contributed by atoms with Crippen LogP contribution in [0.5, 0.6) is 0 Å². The maximum absolute atomic E-state index is 14.2. The molecule has 0 spiro atoms. The zero-order valence-electron chi connectivity index (χ0n) is 20.9. The number of sulfonamides is 1. The van der Waals surface area contributed by atoms with Crippen LogP contribution in [-0.4, -0.2) is 61.4 Å². The summed E-state index contributed by atoms with van der Waals surface area (Å²) in [5, 5.41) is 9.52. The predicted octanol–water partition coefficient (Wildman–Crippen LogP) is 4.05. The molecule has 1 saturated carbocycles. The van der Waals surface area contributed by atoms with Crippen molar-refractivity contribution in [3.8, 4) is 6.07 Å². The molecule has 0 bridgehead atoms. The number of hydroxylamine groups is 1. The van der Waals surface area contributed by atoms with Gasteiger partial charge in [-0.1, -0.05) is 60.3 Å². The Morgan fingerprint density at radius 1 is 1.18 bits per heavy atom. The minimum absolute atomic E-state index is 0.263. The summed E-state index contributed by atoms with van der Waals surface area (Å²) in [6.45, 7) is -0.362. The number of amides is 2. The monoisotopic (exact) mass is 578 g/mol. The summed E-state index contributed by atoms with van der Waals surface area (Å²) in [6.07, 6.45) is 3.83. The van der Waals surface area contributed by atoms with Gasteiger partial charge in [0.1, 0.15) is 0 Å². The number of hydrogen-bond donors (Lipinski definition) is 1. The summed E-state index contributed by atoms with van der Waals surface area (Å²) >= 11 is 12.9. The van der Waals surface area contributed by atoms with E-state index < -0.39 is 40.0 Å². The molecule has 9 nitrogen and oxygen atoms in total. The van der Waals surface area contributed by atoms with Crippen molar-refractivity contribution >= 4 is 45.0 Å². The Kier molecular flexibility index (Phi) is 8.65. The maximum Gasteiger partial charge on any atom is 0.255 e. The van der Waals surface area contributed by atoms with Gasteiger partial charge in [0.2, 0.25) is 10.0 Å². The van der Waals surface area contributed by atoms with Gasteiger partial charge in [0.25, 0.3) is 11.8 Å².